The average molecular weight is 216 g/mol. The van der Waals surface area contributed by atoms with E-state index >= 15 is 0 Å². The van der Waals surface area contributed by atoms with Gasteiger partial charge >= 0.3 is 6.18 Å². The Balaban J connectivity index is 2.22. The summed E-state index contributed by atoms with van der Waals surface area (Å²) in [4.78, 5) is 1.35. The maximum Gasteiger partial charge on any atom is 0.405 e. The smallest absolute Gasteiger partial charge is 0.382 e. The molecule has 0 aliphatic carbocycles. The van der Waals surface area contributed by atoms with Gasteiger partial charge in [0.25, 0.3) is 0 Å². The van der Waals surface area contributed by atoms with E-state index in [-0.39, 0.29) is 0 Å². The number of fused-ring (bicyclic) bond motifs is 1. The molecule has 1 N–H and O–H groups in total. The van der Waals surface area contributed by atoms with Gasteiger partial charge in [-0.3, -0.25) is 0 Å². The van der Waals surface area contributed by atoms with Crippen LogP contribution in [0.2, 0.25) is 0 Å². The molecule has 0 aromatic heterocycles. The Bertz CT molecular complexity index is 349. The van der Waals surface area contributed by atoms with Crippen LogP contribution in [-0.2, 0) is 0 Å². The summed E-state index contributed by atoms with van der Waals surface area (Å²) in [6.45, 7) is 0.0509. The summed E-state index contributed by atoms with van der Waals surface area (Å²) in [5.41, 5.74) is 1.40. The lowest BCUT2D eigenvalue weighted by atomic mass is 10.2. The number of hydrogen-bond donors (Lipinski definition) is 1. The number of alkyl halides is 3. The van der Waals surface area contributed by atoms with E-state index in [2.05, 4.69) is 5.32 Å². The highest BCUT2D eigenvalue weighted by Gasteiger charge is 2.32. The molecule has 0 atom stereocenters. The topological polar surface area (TPSA) is 15.3 Å². The van der Waals surface area contributed by atoms with Crippen LogP contribution in [0.15, 0.2) is 24.3 Å². The summed E-state index contributed by atoms with van der Waals surface area (Å²) in [6, 6.07) is 7.04. The Morgan fingerprint density at radius 3 is 2.73 bits per heavy atom. The molecule has 0 fully saturated rings. The van der Waals surface area contributed by atoms with Crippen LogP contribution in [0.1, 0.15) is 0 Å². The lowest BCUT2D eigenvalue weighted by Crippen LogP contribution is -2.40. The second-order valence-corrected chi connectivity index (χ2v) is 3.48. The molecule has 2 rings (SSSR count). The lowest BCUT2D eigenvalue weighted by molar-refractivity contribution is -0.119. The highest BCUT2D eigenvalue weighted by molar-refractivity contribution is 5.71. The molecule has 1 heterocycles. The monoisotopic (exact) mass is 216 g/mol. The standard InChI is InChI=1S/C10H11F3N2/c11-10(12,13)7-15-6-5-14-8-3-1-2-4-9(8)15/h1-4,14H,5-7H2. The van der Waals surface area contributed by atoms with Crippen LogP contribution >= 0.6 is 0 Å². The van der Waals surface area contributed by atoms with Gasteiger partial charge in [0.15, 0.2) is 0 Å². The number of nitrogens with one attached hydrogen (secondary N) is 1. The molecule has 82 valence electrons. The molecular formula is C10H11F3N2. The van der Waals surface area contributed by atoms with Gasteiger partial charge in [0.05, 0.1) is 11.4 Å². The van der Waals surface area contributed by atoms with Gasteiger partial charge in [0, 0.05) is 13.1 Å². The molecule has 1 aliphatic heterocycles. The fourth-order valence-corrected chi connectivity index (χ4v) is 1.73. The fraction of sp³-hybridized carbons (Fsp3) is 0.400. The third kappa shape index (κ3) is 2.34. The van der Waals surface area contributed by atoms with E-state index < -0.39 is 12.7 Å². The molecule has 5 heteroatoms. The second kappa shape index (κ2) is 3.64. The molecule has 0 unspecified atom stereocenters. The quantitative estimate of drug-likeness (QED) is 0.775. The summed E-state index contributed by atoms with van der Waals surface area (Å²) >= 11 is 0. The Kier molecular flexibility index (Phi) is 2.46. The Hall–Kier alpha value is -1.39. The Morgan fingerprint density at radius 2 is 2.00 bits per heavy atom. The van der Waals surface area contributed by atoms with Crippen LogP contribution in [0, 0.1) is 0 Å². The van der Waals surface area contributed by atoms with Crippen LogP contribution in [-0.4, -0.2) is 25.8 Å². The van der Waals surface area contributed by atoms with Crippen molar-refractivity contribution >= 4 is 11.4 Å². The zero-order valence-electron chi connectivity index (χ0n) is 8.01. The summed E-state index contributed by atoms with van der Waals surface area (Å²) in [5.74, 6) is 0. The maximum atomic E-state index is 12.3. The molecule has 1 aliphatic rings. The highest BCUT2D eigenvalue weighted by Crippen LogP contribution is 2.30. The number of para-hydroxylation sites is 2. The van der Waals surface area contributed by atoms with E-state index in [1.54, 1.807) is 18.2 Å². The Morgan fingerprint density at radius 1 is 1.27 bits per heavy atom. The molecule has 1 aromatic rings. The van der Waals surface area contributed by atoms with Crippen molar-refractivity contribution in [2.45, 2.75) is 6.18 Å². The van der Waals surface area contributed by atoms with Crippen molar-refractivity contribution in [1.29, 1.82) is 0 Å². The SMILES string of the molecule is FC(F)(F)CN1CCNc2ccccc21. The molecule has 0 saturated carbocycles. The first-order valence-corrected chi connectivity index (χ1v) is 4.71. The van der Waals surface area contributed by atoms with Crippen molar-refractivity contribution < 1.29 is 13.2 Å². The van der Waals surface area contributed by atoms with Crippen molar-refractivity contribution in [3.63, 3.8) is 0 Å². The third-order valence-corrected chi connectivity index (χ3v) is 2.31. The first-order valence-electron chi connectivity index (χ1n) is 4.71. The highest BCUT2D eigenvalue weighted by atomic mass is 19.4. The van der Waals surface area contributed by atoms with Crippen molar-refractivity contribution in [3.05, 3.63) is 24.3 Å². The van der Waals surface area contributed by atoms with Crippen LogP contribution in [0.4, 0.5) is 24.5 Å². The first kappa shape index (κ1) is 10.1. The van der Waals surface area contributed by atoms with Crippen molar-refractivity contribution in [2.75, 3.05) is 29.9 Å². The molecule has 0 spiro atoms. The molecule has 0 saturated heterocycles. The number of nitrogens with zero attached hydrogens (tertiary/aromatic N) is 1. The number of benzene rings is 1. The summed E-state index contributed by atoms with van der Waals surface area (Å²) < 4.78 is 36.8. The third-order valence-electron chi connectivity index (χ3n) is 2.31. The molecule has 0 amide bonds. The van der Waals surface area contributed by atoms with Gasteiger partial charge in [-0.25, -0.2) is 0 Å². The minimum atomic E-state index is -4.15. The zero-order valence-corrected chi connectivity index (χ0v) is 8.01. The molecule has 2 nitrogen and oxygen atoms in total. The van der Waals surface area contributed by atoms with E-state index in [1.165, 1.54) is 4.90 Å². The summed E-state index contributed by atoms with van der Waals surface area (Å²) in [7, 11) is 0. The number of rotatable bonds is 1. The fourth-order valence-electron chi connectivity index (χ4n) is 1.73. The van der Waals surface area contributed by atoms with Crippen LogP contribution in [0.3, 0.4) is 0 Å². The second-order valence-electron chi connectivity index (χ2n) is 3.48. The normalized spacial score (nSPS) is 15.8. The van der Waals surface area contributed by atoms with E-state index in [0.29, 0.717) is 18.8 Å². The predicted octanol–water partition coefficient (Wildman–Crippen LogP) is 2.48. The van der Waals surface area contributed by atoms with E-state index in [1.807, 2.05) is 6.07 Å². The van der Waals surface area contributed by atoms with E-state index in [9.17, 15) is 13.2 Å². The molecule has 0 bridgehead atoms. The number of hydrogen-bond acceptors (Lipinski definition) is 2. The minimum Gasteiger partial charge on any atom is -0.382 e. The van der Waals surface area contributed by atoms with Crippen LogP contribution in [0.25, 0.3) is 0 Å². The number of anilines is 2. The van der Waals surface area contributed by atoms with Gasteiger partial charge in [-0.15, -0.1) is 0 Å². The average Bonchev–Trinajstić information content (AvgIpc) is 2.16. The van der Waals surface area contributed by atoms with Gasteiger partial charge < -0.3 is 10.2 Å². The predicted molar refractivity (Wildman–Crippen MR) is 53.2 cm³/mol. The van der Waals surface area contributed by atoms with Crippen LogP contribution < -0.4 is 10.2 Å². The number of halogens is 3. The van der Waals surface area contributed by atoms with Gasteiger partial charge in [-0.05, 0) is 12.1 Å². The summed E-state index contributed by atoms with van der Waals surface area (Å²) in [6.07, 6.45) is -4.15. The minimum absolute atomic E-state index is 0.385. The largest absolute Gasteiger partial charge is 0.405 e. The van der Waals surface area contributed by atoms with E-state index in [4.69, 9.17) is 0 Å². The van der Waals surface area contributed by atoms with Crippen LogP contribution in [0.5, 0.6) is 0 Å². The van der Waals surface area contributed by atoms with Crippen molar-refractivity contribution in [3.8, 4) is 0 Å². The molecule has 0 radical (unpaired) electrons. The van der Waals surface area contributed by atoms with Gasteiger partial charge in [0.1, 0.15) is 6.54 Å². The van der Waals surface area contributed by atoms with Gasteiger partial charge in [-0.2, -0.15) is 13.2 Å². The van der Waals surface area contributed by atoms with Gasteiger partial charge in [0.2, 0.25) is 0 Å². The zero-order chi connectivity index (χ0) is 10.9. The molecule has 1 aromatic carbocycles. The molecule has 15 heavy (non-hydrogen) atoms. The maximum absolute atomic E-state index is 12.3. The van der Waals surface area contributed by atoms with Gasteiger partial charge in [-0.1, -0.05) is 12.1 Å². The first-order chi connectivity index (χ1) is 7.06. The van der Waals surface area contributed by atoms with Crippen molar-refractivity contribution in [1.82, 2.24) is 0 Å². The lowest BCUT2D eigenvalue weighted by Gasteiger charge is -2.32. The summed E-state index contributed by atoms with van der Waals surface area (Å²) in [5, 5.41) is 3.07. The molecular weight excluding hydrogens is 205 g/mol. The van der Waals surface area contributed by atoms with E-state index in [0.717, 1.165) is 5.69 Å². The van der Waals surface area contributed by atoms with Crippen molar-refractivity contribution in [2.24, 2.45) is 0 Å². The Labute approximate surface area is 85.7 Å².